The summed E-state index contributed by atoms with van der Waals surface area (Å²) in [5.74, 6) is -0.453. The maximum absolute atomic E-state index is 13.2. The van der Waals surface area contributed by atoms with Gasteiger partial charge in [-0.3, -0.25) is 0 Å². The Morgan fingerprint density at radius 1 is 1.00 bits per heavy atom. The Morgan fingerprint density at radius 2 is 1.60 bits per heavy atom. The molecule has 0 amide bonds. The molecule has 0 bridgehead atoms. The molecule has 1 aliphatic rings. The molecule has 2 aromatic carbocycles. The zero-order chi connectivity index (χ0) is 17.8. The molecule has 0 saturated carbocycles. The van der Waals surface area contributed by atoms with E-state index in [0.29, 0.717) is 10.8 Å². The second-order valence-electron chi connectivity index (χ2n) is 6.05. The quantitative estimate of drug-likeness (QED) is 0.787. The van der Waals surface area contributed by atoms with Gasteiger partial charge in [-0.15, -0.1) is 0 Å². The molecule has 2 aromatic rings. The van der Waals surface area contributed by atoms with Gasteiger partial charge < -0.3 is 20.4 Å². The number of hydrogen-bond donors (Lipinski definition) is 2. The van der Waals surface area contributed by atoms with Crippen LogP contribution in [0.4, 0.5) is 21.5 Å². The molecule has 0 aliphatic carbocycles. The SMILES string of the molecule is CN1CCN(c2ccc(NC(=S)Nc3ccc(F)c(Cl)c3)cc2)CC1. The number of likely N-dealkylation sites (N-methyl/N-ethyl adjacent to an activating group) is 1. The topological polar surface area (TPSA) is 30.5 Å². The van der Waals surface area contributed by atoms with Gasteiger partial charge in [-0.2, -0.15) is 0 Å². The number of halogens is 2. The van der Waals surface area contributed by atoms with Crippen LogP contribution >= 0.6 is 23.8 Å². The molecule has 1 aliphatic heterocycles. The molecule has 1 heterocycles. The predicted molar refractivity (Wildman–Crippen MR) is 107 cm³/mol. The first kappa shape index (κ1) is 17.9. The van der Waals surface area contributed by atoms with Gasteiger partial charge in [-0.25, -0.2) is 4.39 Å². The van der Waals surface area contributed by atoms with Crippen LogP contribution in [0.5, 0.6) is 0 Å². The Balaban J connectivity index is 1.57. The fourth-order valence-electron chi connectivity index (χ4n) is 2.69. The summed E-state index contributed by atoms with van der Waals surface area (Å²) in [6.07, 6.45) is 0. The van der Waals surface area contributed by atoms with Crippen LogP contribution in [0.15, 0.2) is 42.5 Å². The van der Waals surface area contributed by atoms with Gasteiger partial charge in [0.05, 0.1) is 5.02 Å². The standard InChI is InChI=1S/C18H20ClFN4S/c1-23-8-10-24(11-9-23)15-5-2-13(3-6-15)21-18(25)22-14-4-7-17(20)16(19)12-14/h2-7,12H,8-11H2,1H3,(H2,21,22,25). The number of piperazine rings is 1. The summed E-state index contributed by atoms with van der Waals surface area (Å²) in [7, 11) is 2.15. The van der Waals surface area contributed by atoms with Crippen molar-refractivity contribution >= 4 is 46.0 Å². The van der Waals surface area contributed by atoms with E-state index < -0.39 is 5.82 Å². The molecule has 1 fully saturated rings. The summed E-state index contributed by atoms with van der Waals surface area (Å²) in [6, 6.07) is 12.6. The van der Waals surface area contributed by atoms with Crippen molar-refractivity contribution in [2.75, 3.05) is 48.8 Å². The van der Waals surface area contributed by atoms with Crippen molar-refractivity contribution in [3.8, 4) is 0 Å². The molecule has 3 rings (SSSR count). The lowest BCUT2D eigenvalue weighted by Gasteiger charge is -2.34. The molecule has 0 spiro atoms. The molecule has 2 N–H and O–H groups in total. The maximum Gasteiger partial charge on any atom is 0.175 e. The van der Waals surface area contributed by atoms with E-state index in [1.807, 2.05) is 12.1 Å². The van der Waals surface area contributed by atoms with Gasteiger partial charge in [-0.1, -0.05) is 11.6 Å². The fraction of sp³-hybridized carbons (Fsp3) is 0.278. The minimum absolute atomic E-state index is 0.0596. The van der Waals surface area contributed by atoms with Crippen molar-refractivity contribution < 1.29 is 4.39 Å². The van der Waals surface area contributed by atoms with E-state index in [0.717, 1.165) is 31.9 Å². The van der Waals surface area contributed by atoms with Crippen molar-refractivity contribution in [1.29, 1.82) is 0 Å². The van der Waals surface area contributed by atoms with E-state index >= 15 is 0 Å². The van der Waals surface area contributed by atoms with E-state index in [9.17, 15) is 4.39 Å². The molecule has 0 radical (unpaired) electrons. The first-order chi connectivity index (χ1) is 12.0. The van der Waals surface area contributed by atoms with Crippen molar-refractivity contribution in [1.82, 2.24) is 4.90 Å². The van der Waals surface area contributed by atoms with E-state index in [1.54, 1.807) is 6.07 Å². The highest BCUT2D eigenvalue weighted by atomic mass is 35.5. The minimum Gasteiger partial charge on any atom is -0.369 e. The zero-order valence-corrected chi connectivity index (χ0v) is 15.5. The van der Waals surface area contributed by atoms with Crippen LogP contribution in [0.1, 0.15) is 0 Å². The highest BCUT2D eigenvalue weighted by molar-refractivity contribution is 7.80. The van der Waals surface area contributed by atoms with Crippen LogP contribution in [0.3, 0.4) is 0 Å². The Kier molecular flexibility index (Phi) is 5.73. The number of anilines is 3. The maximum atomic E-state index is 13.2. The van der Waals surface area contributed by atoms with E-state index in [1.165, 1.54) is 17.8 Å². The second-order valence-corrected chi connectivity index (χ2v) is 6.86. The molecular weight excluding hydrogens is 359 g/mol. The lowest BCUT2D eigenvalue weighted by molar-refractivity contribution is 0.313. The molecule has 7 heteroatoms. The molecule has 4 nitrogen and oxygen atoms in total. The third kappa shape index (κ3) is 4.81. The van der Waals surface area contributed by atoms with Crippen LogP contribution in [-0.4, -0.2) is 43.2 Å². The van der Waals surface area contributed by atoms with Gasteiger partial charge in [0.15, 0.2) is 5.11 Å². The number of benzene rings is 2. The Labute approximate surface area is 157 Å². The Bertz CT molecular complexity index is 745. The smallest absolute Gasteiger partial charge is 0.175 e. The Hall–Kier alpha value is -1.89. The monoisotopic (exact) mass is 378 g/mol. The van der Waals surface area contributed by atoms with Gasteiger partial charge in [-0.05, 0) is 61.7 Å². The third-order valence-electron chi connectivity index (χ3n) is 4.17. The molecule has 1 saturated heterocycles. The predicted octanol–water partition coefficient (Wildman–Crippen LogP) is 4.04. The second kappa shape index (κ2) is 7.99. The number of nitrogens with one attached hydrogen (secondary N) is 2. The summed E-state index contributed by atoms with van der Waals surface area (Å²) in [5.41, 5.74) is 2.74. The first-order valence-corrected chi connectivity index (χ1v) is 8.86. The van der Waals surface area contributed by atoms with Gasteiger partial charge in [0.25, 0.3) is 0 Å². The van der Waals surface area contributed by atoms with Crippen LogP contribution in [0, 0.1) is 5.82 Å². The number of thiocarbonyl (C=S) groups is 1. The average molecular weight is 379 g/mol. The summed E-state index contributed by atoms with van der Waals surface area (Å²) < 4.78 is 13.2. The van der Waals surface area contributed by atoms with Crippen molar-refractivity contribution in [3.63, 3.8) is 0 Å². The third-order valence-corrected chi connectivity index (χ3v) is 4.66. The lowest BCUT2D eigenvalue weighted by Crippen LogP contribution is -2.44. The lowest BCUT2D eigenvalue weighted by atomic mass is 10.2. The molecule has 0 atom stereocenters. The summed E-state index contributed by atoms with van der Waals surface area (Å²) in [4.78, 5) is 4.71. The Morgan fingerprint density at radius 3 is 2.24 bits per heavy atom. The largest absolute Gasteiger partial charge is 0.369 e. The number of nitrogens with zero attached hydrogens (tertiary/aromatic N) is 2. The van der Waals surface area contributed by atoms with Gasteiger partial charge >= 0.3 is 0 Å². The molecular formula is C18H20ClFN4S. The summed E-state index contributed by atoms with van der Waals surface area (Å²) in [6.45, 7) is 4.23. The average Bonchev–Trinajstić information content (AvgIpc) is 2.60. The highest BCUT2D eigenvalue weighted by Crippen LogP contribution is 2.21. The van der Waals surface area contributed by atoms with Crippen molar-refractivity contribution in [2.45, 2.75) is 0 Å². The molecule has 25 heavy (non-hydrogen) atoms. The van der Waals surface area contributed by atoms with Crippen molar-refractivity contribution in [2.24, 2.45) is 0 Å². The minimum atomic E-state index is -0.453. The van der Waals surface area contributed by atoms with Crippen LogP contribution in [-0.2, 0) is 0 Å². The van der Waals surface area contributed by atoms with Crippen LogP contribution < -0.4 is 15.5 Å². The van der Waals surface area contributed by atoms with Gasteiger partial charge in [0.1, 0.15) is 5.82 Å². The van der Waals surface area contributed by atoms with E-state index in [2.05, 4.69) is 39.6 Å². The van der Waals surface area contributed by atoms with Crippen LogP contribution in [0.2, 0.25) is 5.02 Å². The molecule has 0 unspecified atom stereocenters. The summed E-state index contributed by atoms with van der Waals surface area (Å²) >= 11 is 11.1. The molecule has 0 aromatic heterocycles. The summed E-state index contributed by atoms with van der Waals surface area (Å²) in [5, 5.41) is 6.60. The highest BCUT2D eigenvalue weighted by Gasteiger charge is 2.14. The zero-order valence-electron chi connectivity index (χ0n) is 13.9. The van der Waals surface area contributed by atoms with Crippen LogP contribution in [0.25, 0.3) is 0 Å². The first-order valence-electron chi connectivity index (χ1n) is 8.08. The number of hydrogen-bond acceptors (Lipinski definition) is 3. The molecule has 132 valence electrons. The van der Waals surface area contributed by atoms with Gasteiger partial charge in [0, 0.05) is 43.2 Å². The van der Waals surface area contributed by atoms with E-state index in [4.69, 9.17) is 23.8 Å². The van der Waals surface area contributed by atoms with Crippen molar-refractivity contribution in [3.05, 3.63) is 53.3 Å². The van der Waals surface area contributed by atoms with Gasteiger partial charge in [0.2, 0.25) is 0 Å². The normalized spacial score (nSPS) is 15.1. The fourth-order valence-corrected chi connectivity index (χ4v) is 3.10. The van der Waals surface area contributed by atoms with E-state index in [-0.39, 0.29) is 5.02 Å². The number of rotatable bonds is 3.